The third-order valence-electron chi connectivity index (χ3n) is 2.89. The van der Waals surface area contributed by atoms with Crippen LogP contribution in [0.3, 0.4) is 0 Å². The van der Waals surface area contributed by atoms with Crippen LogP contribution in [-0.2, 0) is 9.59 Å². The van der Waals surface area contributed by atoms with Gasteiger partial charge >= 0.3 is 5.97 Å². The van der Waals surface area contributed by atoms with Crippen molar-refractivity contribution in [3.05, 3.63) is 35.9 Å². The molecule has 0 saturated heterocycles. The Bertz CT molecular complexity index is 432. The lowest BCUT2D eigenvalue weighted by atomic mass is 10.1. The molecule has 0 aliphatic heterocycles. The van der Waals surface area contributed by atoms with Crippen molar-refractivity contribution in [3.8, 4) is 0 Å². The fourth-order valence-corrected chi connectivity index (χ4v) is 1.75. The lowest BCUT2D eigenvalue weighted by Gasteiger charge is -2.15. The first-order valence-electron chi connectivity index (χ1n) is 6.78. The average molecular weight is 278 g/mol. The fourth-order valence-electron chi connectivity index (χ4n) is 1.75. The Morgan fingerprint density at radius 1 is 1.20 bits per heavy atom. The first-order chi connectivity index (χ1) is 9.50. The molecular formula is C15H22N2O3. The van der Waals surface area contributed by atoms with Crippen LogP contribution in [0.2, 0.25) is 0 Å². The predicted molar refractivity (Wildman–Crippen MR) is 77.3 cm³/mol. The van der Waals surface area contributed by atoms with E-state index in [1.165, 1.54) is 0 Å². The van der Waals surface area contributed by atoms with E-state index in [9.17, 15) is 14.7 Å². The molecule has 1 atom stereocenters. The number of aliphatic carboxylic acids is 1. The molecule has 0 spiro atoms. The van der Waals surface area contributed by atoms with Gasteiger partial charge in [0, 0.05) is 6.54 Å². The molecule has 110 valence electrons. The molecule has 0 heterocycles. The van der Waals surface area contributed by atoms with Crippen molar-refractivity contribution in [3.63, 3.8) is 0 Å². The summed E-state index contributed by atoms with van der Waals surface area (Å²) in [5.74, 6) is -0.654. The van der Waals surface area contributed by atoms with E-state index in [-0.39, 0.29) is 12.5 Å². The van der Waals surface area contributed by atoms with Gasteiger partial charge in [-0.15, -0.1) is 0 Å². The maximum absolute atomic E-state index is 11.6. The summed E-state index contributed by atoms with van der Waals surface area (Å²) >= 11 is 0. The number of carboxylic acids is 1. The SMILES string of the molecule is CC(C)CCNC(=O)CNC(C(=O)O)c1ccccc1. The third-order valence-corrected chi connectivity index (χ3v) is 2.89. The maximum atomic E-state index is 11.6. The summed E-state index contributed by atoms with van der Waals surface area (Å²) in [5.41, 5.74) is 0.634. The van der Waals surface area contributed by atoms with Crippen molar-refractivity contribution >= 4 is 11.9 Å². The molecule has 0 radical (unpaired) electrons. The number of amides is 1. The van der Waals surface area contributed by atoms with Crippen LogP contribution >= 0.6 is 0 Å². The van der Waals surface area contributed by atoms with Crippen LogP contribution in [0.25, 0.3) is 0 Å². The summed E-state index contributed by atoms with van der Waals surface area (Å²) < 4.78 is 0. The highest BCUT2D eigenvalue weighted by molar-refractivity contribution is 5.80. The van der Waals surface area contributed by atoms with Crippen molar-refractivity contribution < 1.29 is 14.7 Å². The Morgan fingerprint density at radius 2 is 1.85 bits per heavy atom. The summed E-state index contributed by atoms with van der Waals surface area (Å²) in [6.07, 6.45) is 0.910. The Labute approximate surface area is 119 Å². The molecule has 0 aliphatic carbocycles. The highest BCUT2D eigenvalue weighted by Crippen LogP contribution is 2.12. The number of nitrogens with one attached hydrogen (secondary N) is 2. The maximum Gasteiger partial charge on any atom is 0.325 e. The van der Waals surface area contributed by atoms with Crippen molar-refractivity contribution in [1.29, 1.82) is 0 Å². The first-order valence-corrected chi connectivity index (χ1v) is 6.78. The Morgan fingerprint density at radius 3 is 2.40 bits per heavy atom. The quantitative estimate of drug-likeness (QED) is 0.674. The minimum absolute atomic E-state index is 0.00996. The van der Waals surface area contributed by atoms with E-state index < -0.39 is 12.0 Å². The van der Waals surface area contributed by atoms with Crippen molar-refractivity contribution in [2.75, 3.05) is 13.1 Å². The van der Waals surface area contributed by atoms with E-state index in [0.717, 1.165) is 6.42 Å². The van der Waals surface area contributed by atoms with E-state index >= 15 is 0 Å². The molecule has 5 heteroatoms. The predicted octanol–water partition coefficient (Wildman–Crippen LogP) is 1.56. The molecule has 1 rings (SSSR count). The van der Waals surface area contributed by atoms with E-state index in [2.05, 4.69) is 24.5 Å². The molecular weight excluding hydrogens is 256 g/mol. The molecule has 1 amide bonds. The van der Waals surface area contributed by atoms with Gasteiger partial charge in [-0.3, -0.25) is 14.9 Å². The zero-order valence-corrected chi connectivity index (χ0v) is 11.9. The Kier molecular flexibility index (Phi) is 6.73. The number of carbonyl (C=O) groups is 2. The molecule has 0 saturated carbocycles. The average Bonchev–Trinajstić information content (AvgIpc) is 2.39. The fraction of sp³-hybridized carbons (Fsp3) is 0.467. The van der Waals surface area contributed by atoms with Crippen molar-refractivity contribution in [1.82, 2.24) is 10.6 Å². The lowest BCUT2D eigenvalue weighted by molar-refractivity contribution is -0.139. The standard InChI is InChI=1S/C15H22N2O3/c1-11(2)8-9-16-13(18)10-17-14(15(19)20)12-6-4-3-5-7-12/h3-7,11,14,17H,8-10H2,1-2H3,(H,16,18)(H,19,20). The van der Waals surface area contributed by atoms with Gasteiger partial charge in [0.05, 0.1) is 6.54 Å². The van der Waals surface area contributed by atoms with Crippen LogP contribution in [0.15, 0.2) is 30.3 Å². The largest absolute Gasteiger partial charge is 0.480 e. The van der Waals surface area contributed by atoms with E-state index in [1.54, 1.807) is 24.3 Å². The van der Waals surface area contributed by atoms with Gasteiger partial charge in [0.2, 0.25) is 5.91 Å². The molecule has 0 fully saturated rings. The number of hydrogen-bond donors (Lipinski definition) is 3. The van der Waals surface area contributed by atoms with Gasteiger partial charge < -0.3 is 10.4 Å². The second-order valence-corrected chi connectivity index (χ2v) is 5.10. The van der Waals surface area contributed by atoms with E-state index in [1.807, 2.05) is 6.07 Å². The van der Waals surface area contributed by atoms with Gasteiger partial charge in [0.25, 0.3) is 0 Å². The van der Waals surface area contributed by atoms with E-state index in [4.69, 9.17) is 0 Å². The normalized spacial score (nSPS) is 12.2. The number of carbonyl (C=O) groups excluding carboxylic acids is 1. The summed E-state index contributed by atoms with van der Waals surface area (Å²) in [6, 6.07) is 7.95. The summed E-state index contributed by atoms with van der Waals surface area (Å²) in [5, 5.41) is 14.7. The minimum Gasteiger partial charge on any atom is -0.480 e. The van der Waals surface area contributed by atoms with E-state index in [0.29, 0.717) is 18.0 Å². The molecule has 1 unspecified atom stereocenters. The van der Waals surface area contributed by atoms with Crippen LogP contribution in [0.1, 0.15) is 31.9 Å². The topological polar surface area (TPSA) is 78.4 Å². The highest BCUT2D eigenvalue weighted by atomic mass is 16.4. The zero-order valence-electron chi connectivity index (χ0n) is 11.9. The second kappa shape index (κ2) is 8.32. The lowest BCUT2D eigenvalue weighted by Crippen LogP contribution is -2.38. The molecule has 0 aliphatic rings. The number of benzene rings is 1. The molecule has 20 heavy (non-hydrogen) atoms. The van der Waals surface area contributed by atoms with Gasteiger partial charge in [0.15, 0.2) is 0 Å². The summed E-state index contributed by atoms with van der Waals surface area (Å²) in [6.45, 7) is 4.77. The second-order valence-electron chi connectivity index (χ2n) is 5.10. The molecule has 0 aromatic heterocycles. The molecule has 5 nitrogen and oxygen atoms in total. The van der Waals surface area contributed by atoms with Gasteiger partial charge in [-0.25, -0.2) is 0 Å². The zero-order chi connectivity index (χ0) is 15.0. The van der Waals surface area contributed by atoms with Crippen molar-refractivity contribution in [2.45, 2.75) is 26.3 Å². The molecule has 3 N–H and O–H groups in total. The van der Waals surface area contributed by atoms with Gasteiger partial charge in [0.1, 0.15) is 6.04 Å². The minimum atomic E-state index is -0.994. The number of rotatable bonds is 8. The monoisotopic (exact) mass is 278 g/mol. The van der Waals surface area contributed by atoms with Crippen LogP contribution in [-0.4, -0.2) is 30.1 Å². The smallest absolute Gasteiger partial charge is 0.325 e. The van der Waals surface area contributed by atoms with Crippen molar-refractivity contribution in [2.24, 2.45) is 5.92 Å². The highest BCUT2D eigenvalue weighted by Gasteiger charge is 2.19. The summed E-state index contributed by atoms with van der Waals surface area (Å²) in [7, 11) is 0. The summed E-state index contributed by atoms with van der Waals surface area (Å²) in [4.78, 5) is 22.8. The van der Waals surface area contributed by atoms with Gasteiger partial charge in [-0.1, -0.05) is 44.2 Å². The van der Waals surface area contributed by atoms with Crippen LogP contribution in [0.5, 0.6) is 0 Å². The first kappa shape index (κ1) is 16.2. The molecule has 0 bridgehead atoms. The van der Waals surface area contributed by atoms with Crippen LogP contribution < -0.4 is 10.6 Å². The van der Waals surface area contributed by atoms with Gasteiger partial charge in [-0.2, -0.15) is 0 Å². The Balaban J connectivity index is 2.44. The van der Waals surface area contributed by atoms with Crippen LogP contribution in [0, 0.1) is 5.92 Å². The Hall–Kier alpha value is -1.88. The number of hydrogen-bond acceptors (Lipinski definition) is 3. The third kappa shape index (κ3) is 5.84. The van der Waals surface area contributed by atoms with Gasteiger partial charge in [-0.05, 0) is 17.9 Å². The number of carboxylic acid groups (broad SMARTS) is 1. The molecule has 1 aromatic rings. The molecule has 1 aromatic carbocycles. The van der Waals surface area contributed by atoms with Crippen LogP contribution in [0.4, 0.5) is 0 Å².